The third-order valence-electron chi connectivity index (χ3n) is 7.58. The second-order valence-corrected chi connectivity index (χ2v) is 10.9. The quantitative estimate of drug-likeness (QED) is 0.104. The Morgan fingerprint density at radius 2 is 1.19 bits per heavy atom. The number of rotatable bonds is 18. The van der Waals surface area contributed by atoms with Crippen LogP contribution in [0.3, 0.4) is 0 Å². The number of carbonyl (C=O) groups is 1. The van der Waals surface area contributed by atoms with Gasteiger partial charge in [0.15, 0.2) is 0 Å². The highest BCUT2D eigenvalue weighted by molar-refractivity contribution is 5.47. The Labute approximate surface area is 259 Å². The fourth-order valence-corrected chi connectivity index (χ4v) is 5.44. The number of aliphatic hydroxyl groups excluding tert-OH is 1. The highest BCUT2D eigenvalue weighted by Gasteiger charge is 2.20. The Bertz CT molecular complexity index is 1230. The second kappa shape index (κ2) is 20.2. The van der Waals surface area contributed by atoms with Crippen LogP contribution in [0.5, 0.6) is 0 Å². The van der Waals surface area contributed by atoms with Gasteiger partial charge in [-0.1, -0.05) is 129 Å². The van der Waals surface area contributed by atoms with Crippen molar-refractivity contribution < 1.29 is 9.90 Å². The average Bonchev–Trinajstić information content (AvgIpc) is 3.06. The van der Waals surface area contributed by atoms with E-state index in [0.717, 1.165) is 70.9 Å². The molecule has 4 aromatic rings. The second-order valence-electron chi connectivity index (χ2n) is 10.9. The summed E-state index contributed by atoms with van der Waals surface area (Å²) in [4.78, 5) is 16.2. The molecule has 228 valence electrons. The molecule has 0 bridgehead atoms. The molecule has 0 heterocycles. The zero-order chi connectivity index (χ0) is 30.5. The van der Waals surface area contributed by atoms with Crippen molar-refractivity contribution in [3.05, 3.63) is 143 Å². The highest BCUT2D eigenvalue weighted by Crippen LogP contribution is 2.20. The molecule has 1 amide bonds. The fraction of sp³-hybridized carbons (Fsp3) is 0.342. The van der Waals surface area contributed by atoms with Gasteiger partial charge in [0.1, 0.15) is 0 Å². The summed E-state index contributed by atoms with van der Waals surface area (Å²) in [6.07, 6.45) is 5.27. The third kappa shape index (κ3) is 12.6. The van der Waals surface area contributed by atoms with Crippen LogP contribution < -0.4 is 5.32 Å². The molecule has 2 N–H and O–H groups in total. The van der Waals surface area contributed by atoms with Crippen LogP contribution in [-0.4, -0.2) is 54.1 Å². The lowest BCUT2D eigenvalue weighted by molar-refractivity contribution is -0.118. The normalized spacial score (nSPS) is 11.4. The van der Waals surface area contributed by atoms with Crippen molar-refractivity contribution in [2.45, 2.75) is 58.3 Å². The lowest BCUT2D eigenvalue weighted by atomic mass is 9.97. The molecule has 1 atom stereocenters. The van der Waals surface area contributed by atoms with Gasteiger partial charge in [-0.05, 0) is 53.6 Å². The SMILES string of the molecule is CCCc1cccc(C[C@@H](CCNCCN(C=O)Cc2ccccc2)N(Cc2ccccc2)Cc2ccccc2)c1.CO. The Morgan fingerprint density at radius 3 is 1.72 bits per heavy atom. The summed E-state index contributed by atoms with van der Waals surface area (Å²) >= 11 is 0. The molecule has 4 aromatic carbocycles. The molecule has 0 spiro atoms. The molecular weight excluding hydrogens is 530 g/mol. The van der Waals surface area contributed by atoms with Gasteiger partial charge in [-0.3, -0.25) is 9.69 Å². The molecule has 0 unspecified atom stereocenters. The van der Waals surface area contributed by atoms with Crippen molar-refractivity contribution in [3.8, 4) is 0 Å². The van der Waals surface area contributed by atoms with E-state index in [2.05, 4.69) is 114 Å². The zero-order valence-electron chi connectivity index (χ0n) is 25.9. The van der Waals surface area contributed by atoms with E-state index in [9.17, 15) is 4.79 Å². The van der Waals surface area contributed by atoms with Crippen molar-refractivity contribution in [2.24, 2.45) is 0 Å². The first-order valence-electron chi connectivity index (χ1n) is 15.5. The van der Waals surface area contributed by atoms with Gasteiger partial charge in [0.2, 0.25) is 6.41 Å². The molecule has 4 rings (SSSR count). The van der Waals surface area contributed by atoms with Crippen molar-refractivity contribution in [1.82, 2.24) is 15.1 Å². The van der Waals surface area contributed by atoms with E-state index in [0.29, 0.717) is 19.1 Å². The van der Waals surface area contributed by atoms with Gasteiger partial charge in [0.05, 0.1) is 0 Å². The molecule has 0 aliphatic rings. The average molecular weight is 580 g/mol. The number of nitrogens with one attached hydrogen (secondary N) is 1. The smallest absolute Gasteiger partial charge is 0.210 e. The number of benzene rings is 4. The van der Waals surface area contributed by atoms with Gasteiger partial charge in [-0.2, -0.15) is 0 Å². The van der Waals surface area contributed by atoms with E-state index < -0.39 is 0 Å². The molecule has 43 heavy (non-hydrogen) atoms. The number of hydrogen-bond donors (Lipinski definition) is 2. The fourth-order valence-electron chi connectivity index (χ4n) is 5.44. The number of hydrogen-bond acceptors (Lipinski definition) is 4. The number of aryl methyl sites for hydroxylation is 1. The summed E-state index contributed by atoms with van der Waals surface area (Å²) < 4.78 is 0. The molecule has 0 fully saturated rings. The predicted molar refractivity (Wildman–Crippen MR) is 179 cm³/mol. The van der Waals surface area contributed by atoms with E-state index in [4.69, 9.17) is 5.11 Å². The van der Waals surface area contributed by atoms with Crippen LogP contribution in [0.1, 0.15) is 47.6 Å². The molecule has 5 heteroatoms. The predicted octanol–water partition coefficient (Wildman–Crippen LogP) is 6.50. The van der Waals surface area contributed by atoms with Gasteiger partial charge < -0.3 is 15.3 Å². The first-order valence-corrected chi connectivity index (χ1v) is 15.5. The molecule has 0 saturated carbocycles. The van der Waals surface area contributed by atoms with E-state index in [-0.39, 0.29) is 0 Å². The maximum Gasteiger partial charge on any atom is 0.210 e. The molecule has 0 radical (unpaired) electrons. The number of carbonyl (C=O) groups excluding carboxylic acids is 1. The van der Waals surface area contributed by atoms with Gasteiger partial charge in [-0.15, -0.1) is 0 Å². The molecular formula is C38H49N3O2. The van der Waals surface area contributed by atoms with E-state index in [1.807, 2.05) is 23.1 Å². The van der Waals surface area contributed by atoms with E-state index >= 15 is 0 Å². The summed E-state index contributed by atoms with van der Waals surface area (Å²) in [6, 6.07) is 41.3. The van der Waals surface area contributed by atoms with Gasteiger partial charge in [-0.25, -0.2) is 0 Å². The summed E-state index contributed by atoms with van der Waals surface area (Å²) in [5.41, 5.74) is 6.66. The Kier molecular flexibility index (Phi) is 15.8. The lowest BCUT2D eigenvalue weighted by Crippen LogP contribution is -2.39. The zero-order valence-corrected chi connectivity index (χ0v) is 25.9. The lowest BCUT2D eigenvalue weighted by Gasteiger charge is -2.33. The molecule has 5 nitrogen and oxygen atoms in total. The van der Waals surface area contributed by atoms with Crippen molar-refractivity contribution in [3.63, 3.8) is 0 Å². The monoisotopic (exact) mass is 579 g/mol. The highest BCUT2D eigenvalue weighted by atomic mass is 16.2. The number of amides is 1. The van der Waals surface area contributed by atoms with E-state index in [1.54, 1.807) is 0 Å². The first kappa shape index (κ1) is 33.7. The van der Waals surface area contributed by atoms with Crippen LogP contribution in [0.15, 0.2) is 115 Å². The maximum atomic E-state index is 11.7. The number of aliphatic hydroxyl groups is 1. The molecule has 0 saturated heterocycles. The van der Waals surface area contributed by atoms with Crippen LogP contribution in [-0.2, 0) is 37.3 Å². The first-order chi connectivity index (χ1) is 21.2. The maximum absolute atomic E-state index is 11.7. The van der Waals surface area contributed by atoms with Crippen molar-refractivity contribution in [1.29, 1.82) is 0 Å². The molecule has 0 aliphatic heterocycles. The summed E-state index contributed by atoms with van der Waals surface area (Å²) in [6.45, 7) is 7.08. The molecule has 0 aliphatic carbocycles. The van der Waals surface area contributed by atoms with Crippen LogP contribution in [0, 0.1) is 0 Å². The summed E-state index contributed by atoms with van der Waals surface area (Å²) in [5, 5.41) is 10.6. The Balaban J connectivity index is 0.00000248. The Morgan fingerprint density at radius 1 is 0.674 bits per heavy atom. The summed E-state index contributed by atoms with van der Waals surface area (Å²) in [5.74, 6) is 0. The molecule has 0 aromatic heterocycles. The minimum atomic E-state index is 0.367. The Hall–Kier alpha value is -3.77. The van der Waals surface area contributed by atoms with Crippen LogP contribution >= 0.6 is 0 Å². The standard InChI is InChI=1S/C37H45N3O.CH4O/c1-2-13-32-20-12-21-36(26-32)27-37(22-23-38-24-25-39(31-41)28-33-14-6-3-7-15-33)40(29-34-16-8-4-9-17-34)30-35-18-10-5-11-19-35;1-2/h3-12,14-21,26,31,37-38H,2,13,22-25,27-30H2,1H3;2H,1H3/t37-;/m1./s1. The largest absolute Gasteiger partial charge is 0.400 e. The minimum Gasteiger partial charge on any atom is -0.400 e. The van der Waals surface area contributed by atoms with E-state index in [1.165, 1.54) is 22.3 Å². The van der Waals surface area contributed by atoms with Crippen molar-refractivity contribution >= 4 is 6.41 Å². The summed E-state index contributed by atoms with van der Waals surface area (Å²) in [7, 11) is 1.00. The van der Waals surface area contributed by atoms with Crippen LogP contribution in [0.2, 0.25) is 0 Å². The van der Waals surface area contributed by atoms with Crippen LogP contribution in [0.4, 0.5) is 0 Å². The van der Waals surface area contributed by atoms with Gasteiger partial charge >= 0.3 is 0 Å². The van der Waals surface area contributed by atoms with Crippen molar-refractivity contribution in [2.75, 3.05) is 26.7 Å². The third-order valence-corrected chi connectivity index (χ3v) is 7.58. The van der Waals surface area contributed by atoms with Gasteiger partial charge in [0, 0.05) is 45.9 Å². The topological polar surface area (TPSA) is 55.8 Å². The minimum absolute atomic E-state index is 0.367. The van der Waals surface area contributed by atoms with Crippen LogP contribution in [0.25, 0.3) is 0 Å². The van der Waals surface area contributed by atoms with Gasteiger partial charge in [0.25, 0.3) is 0 Å². The number of nitrogens with zero attached hydrogens (tertiary/aromatic N) is 2.